The van der Waals surface area contributed by atoms with E-state index in [-0.39, 0.29) is 11.3 Å². The number of carboxylic acid groups (broad SMARTS) is 1. The van der Waals surface area contributed by atoms with Gasteiger partial charge >= 0.3 is 5.97 Å². The third kappa shape index (κ3) is 14.7. The predicted molar refractivity (Wildman–Crippen MR) is 171 cm³/mol. The summed E-state index contributed by atoms with van der Waals surface area (Å²) in [5, 5.41) is 23.1. The number of piperidine rings is 2. The number of benzene rings is 2. The van der Waals surface area contributed by atoms with Crippen molar-refractivity contribution in [3.05, 3.63) is 65.7 Å². The molecule has 2 aromatic carbocycles. The Bertz CT molecular complexity index is 1090. The van der Waals surface area contributed by atoms with Crippen molar-refractivity contribution in [1.29, 1.82) is 0 Å². The Morgan fingerprint density at radius 1 is 0.857 bits per heavy atom. The first kappa shape index (κ1) is 35.9. The molecule has 0 aliphatic carbocycles. The van der Waals surface area contributed by atoms with Crippen LogP contribution in [0.3, 0.4) is 0 Å². The summed E-state index contributed by atoms with van der Waals surface area (Å²) < 4.78 is 26.8. The minimum atomic E-state index is -3.87. The van der Waals surface area contributed by atoms with E-state index in [4.69, 9.17) is 0 Å². The van der Waals surface area contributed by atoms with Crippen LogP contribution in [0.25, 0.3) is 0 Å². The van der Waals surface area contributed by atoms with Crippen LogP contribution >= 0.6 is 0 Å². The highest BCUT2D eigenvalue weighted by Gasteiger charge is 2.25. The molecule has 2 aliphatic rings. The molecule has 236 valence electrons. The summed E-state index contributed by atoms with van der Waals surface area (Å²) in [6.45, 7) is 15.4. The highest BCUT2D eigenvalue weighted by molar-refractivity contribution is 7.89. The van der Waals surface area contributed by atoms with E-state index in [2.05, 4.69) is 53.7 Å². The van der Waals surface area contributed by atoms with Crippen molar-refractivity contribution >= 4 is 16.0 Å². The number of hydrogen-bond donors (Lipinski definition) is 6. The minimum Gasteiger partial charge on any atom is -0.480 e. The van der Waals surface area contributed by atoms with E-state index in [1.165, 1.54) is 50.9 Å². The van der Waals surface area contributed by atoms with E-state index in [9.17, 15) is 18.3 Å². The molecule has 42 heavy (non-hydrogen) atoms. The molecule has 0 radical (unpaired) electrons. The first-order valence-electron chi connectivity index (χ1n) is 15.3. The summed E-state index contributed by atoms with van der Waals surface area (Å²) in [7, 11) is -3.87. The third-order valence-electron chi connectivity index (χ3n) is 6.94. The molecule has 2 aromatic rings. The van der Waals surface area contributed by atoms with Gasteiger partial charge in [0, 0.05) is 37.3 Å². The smallest absolute Gasteiger partial charge is 0.322 e. The zero-order valence-corrected chi connectivity index (χ0v) is 26.8. The zero-order valence-electron chi connectivity index (χ0n) is 26.0. The Hall–Kier alpha value is -2.34. The van der Waals surface area contributed by atoms with Crippen LogP contribution in [0.2, 0.25) is 0 Å². The lowest BCUT2D eigenvalue weighted by Crippen LogP contribution is -2.45. The lowest BCUT2D eigenvalue weighted by Gasteiger charge is -2.25. The van der Waals surface area contributed by atoms with Gasteiger partial charge in [0.1, 0.15) is 6.04 Å². The summed E-state index contributed by atoms with van der Waals surface area (Å²) in [6.07, 6.45) is 5.41. The van der Waals surface area contributed by atoms with Crippen LogP contribution in [0.4, 0.5) is 0 Å². The van der Waals surface area contributed by atoms with Gasteiger partial charge in [0.25, 0.3) is 0 Å². The summed E-state index contributed by atoms with van der Waals surface area (Å²) >= 11 is 0. The van der Waals surface area contributed by atoms with E-state index in [0.29, 0.717) is 24.2 Å². The SMILES string of the molecule is CC(C)N[C@@H]1CCCNC1.CC(C)N[C@@H]1CCCNC1.Cc1ccc(S(=O)(=O)N[C@H](Cc2ccccc2)C(=O)O)cc1. The molecular weight excluding hydrogens is 550 g/mol. The van der Waals surface area contributed by atoms with Crippen LogP contribution in [-0.4, -0.2) is 75.9 Å². The molecule has 2 aliphatic heterocycles. The van der Waals surface area contributed by atoms with Gasteiger partial charge in [-0.3, -0.25) is 4.79 Å². The molecule has 2 heterocycles. The average Bonchev–Trinajstić information content (AvgIpc) is 2.94. The van der Waals surface area contributed by atoms with Gasteiger partial charge in [-0.25, -0.2) is 8.42 Å². The largest absolute Gasteiger partial charge is 0.480 e. The fraction of sp³-hybridized carbons (Fsp3) is 0.594. The maximum absolute atomic E-state index is 12.3. The highest BCUT2D eigenvalue weighted by atomic mass is 32.2. The number of hydrogen-bond acceptors (Lipinski definition) is 7. The Morgan fingerprint density at radius 3 is 1.76 bits per heavy atom. The van der Waals surface area contributed by atoms with E-state index < -0.39 is 22.0 Å². The molecule has 4 rings (SSSR count). The number of rotatable bonds is 10. The first-order chi connectivity index (χ1) is 20.0. The molecule has 2 fully saturated rings. The maximum Gasteiger partial charge on any atom is 0.322 e. The number of carbonyl (C=O) groups is 1. The number of sulfonamides is 1. The Kier molecular flexibility index (Phi) is 16.3. The third-order valence-corrected chi connectivity index (χ3v) is 8.43. The second-order valence-corrected chi connectivity index (χ2v) is 13.5. The monoisotopic (exact) mass is 603 g/mol. The fourth-order valence-electron chi connectivity index (χ4n) is 4.93. The Balaban J connectivity index is 0.000000254. The molecule has 0 bridgehead atoms. The van der Waals surface area contributed by atoms with E-state index >= 15 is 0 Å². The van der Waals surface area contributed by atoms with Crippen molar-refractivity contribution in [1.82, 2.24) is 26.0 Å². The van der Waals surface area contributed by atoms with Crippen LogP contribution < -0.4 is 26.0 Å². The first-order valence-corrected chi connectivity index (χ1v) is 16.7. The van der Waals surface area contributed by atoms with Crippen molar-refractivity contribution in [3.8, 4) is 0 Å². The van der Waals surface area contributed by atoms with Gasteiger partial charge in [-0.1, -0.05) is 75.7 Å². The van der Waals surface area contributed by atoms with Crippen LogP contribution in [0.5, 0.6) is 0 Å². The standard InChI is InChI=1S/C16H17NO4S.2C8H18N2/c1-12-7-9-14(10-8-12)22(20,21)17-15(16(18)19)11-13-5-3-2-4-6-13;2*1-7(2)10-8-4-3-5-9-6-8/h2-10,15,17H,11H2,1H3,(H,18,19);2*7-10H,3-6H2,1-2H3/t15-;2*8-/m111/s1. The van der Waals surface area contributed by atoms with Crippen LogP contribution in [0.1, 0.15) is 64.5 Å². The van der Waals surface area contributed by atoms with Gasteiger partial charge in [0.15, 0.2) is 0 Å². The van der Waals surface area contributed by atoms with E-state index in [1.807, 2.05) is 13.0 Å². The molecule has 0 unspecified atom stereocenters. The molecule has 0 amide bonds. The summed E-state index contributed by atoms with van der Waals surface area (Å²) in [5.74, 6) is -1.21. The number of carboxylic acids is 1. The molecule has 3 atom stereocenters. The van der Waals surface area contributed by atoms with Gasteiger partial charge in [-0.15, -0.1) is 0 Å². The molecule has 0 spiro atoms. The van der Waals surface area contributed by atoms with Crippen molar-refractivity contribution < 1.29 is 18.3 Å². The van der Waals surface area contributed by atoms with E-state index in [0.717, 1.165) is 24.2 Å². The molecule has 0 saturated carbocycles. The molecule has 0 aromatic heterocycles. The Morgan fingerprint density at radius 2 is 1.36 bits per heavy atom. The Labute approximate surface area is 253 Å². The van der Waals surface area contributed by atoms with Crippen LogP contribution in [-0.2, 0) is 21.2 Å². The minimum absolute atomic E-state index is 0.0532. The lowest BCUT2D eigenvalue weighted by molar-refractivity contribution is -0.138. The van der Waals surface area contributed by atoms with Crippen LogP contribution in [0.15, 0.2) is 59.5 Å². The summed E-state index contributed by atoms with van der Waals surface area (Å²) in [4.78, 5) is 11.4. The maximum atomic E-state index is 12.3. The van der Waals surface area contributed by atoms with Gasteiger partial charge < -0.3 is 26.4 Å². The predicted octanol–water partition coefficient (Wildman–Crippen LogP) is 3.44. The summed E-state index contributed by atoms with van der Waals surface area (Å²) in [5.41, 5.74) is 1.68. The second-order valence-electron chi connectivity index (χ2n) is 11.7. The number of aryl methyl sites for hydroxylation is 1. The quantitative estimate of drug-likeness (QED) is 0.244. The van der Waals surface area contributed by atoms with Crippen molar-refractivity contribution in [2.75, 3.05) is 26.2 Å². The van der Waals surface area contributed by atoms with Gasteiger partial charge in [0.05, 0.1) is 4.90 Å². The average molecular weight is 604 g/mol. The molecule has 10 heteroatoms. The van der Waals surface area contributed by atoms with Crippen molar-refractivity contribution in [2.24, 2.45) is 0 Å². The number of aliphatic carboxylic acids is 1. The van der Waals surface area contributed by atoms with Crippen molar-refractivity contribution in [2.45, 2.75) is 102 Å². The topological polar surface area (TPSA) is 132 Å². The molecule has 2 saturated heterocycles. The molecular formula is C32H53N5O4S. The number of nitrogens with one attached hydrogen (secondary N) is 5. The van der Waals surface area contributed by atoms with Crippen molar-refractivity contribution in [3.63, 3.8) is 0 Å². The fourth-order valence-corrected chi connectivity index (χ4v) is 6.12. The normalized spacial score (nSPS) is 19.7. The van der Waals surface area contributed by atoms with Gasteiger partial charge in [-0.2, -0.15) is 4.72 Å². The second kappa shape index (κ2) is 19.0. The molecule has 6 N–H and O–H groups in total. The summed E-state index contributed by atoms with van der Waals surface area (Å²) in [6, 6.07) is 16.6. The van der Waals surface area contributed by atoms with Gasteiger partial charge in [-0.05, 0) is 69.8 Å². The lowest BCUT2D eigenvalue weighted by atomic mass is 10.1. The molecule has 9 nitrogen and oxygen atoms in total. The highest BCUT2D eigenvalue weighted by Crippen LogP contribution is 2.12. The van der Waals surface area contributed by atoms with Crippen LogP contribution in [0, 0.1) is 6.92 Å². The van der Waals surface area contributed by atoms with Gasteiger partial charge in [0.2, 0.25) is 10.0 Å². The van der Waals surface area contributed by atoms with E-state index in [1.54, 1.807) is 36.4 Å². The zero-order chi connectivity index (χ0) is 31.0.